The van der Waals surface area contributed by atoms with E-state index in [1.165, 1.54) is 49.5 Å². The number of nitrogens with zero attached hydrogens (tertiary/aromatic N) is 5. The number of nitro groups is 1. The summed E-state index contributed by atoms with van der Waals surface area (Å²) in [6, 6.07) is 12.0. The molecule has 0 atom stereocenters. The van der Waals surface area contributed by atoms with E-state index in [1.54, 1.807) is 6.07 Å². The summed E-state index contributed by atoms with van der Waals surface area (Å²) < 4.78 is 14.0. The van der Waals surface area contributed by atoms with Crippen LogP contribution < -0.4 is 11.0 Å². The van der Waals surface area contributed by atoms with Gasteiger partial charge in [-0.15, -0.1) is 0 Å². The summed E-state index contributed by atoms with van der Waals surface area (Å²) in [5, 5.41) is 27.8. The molecule has 10 nitrogen and oxygen atoms in total. The zero-order valence-corrected chi connectivity index (χ0v) is 15.9. The van der Waals surface area contributed by atoms with E-state index in [0.717, 1.165) is 16.8 Å². The maximum absolute atomic E-state index is 13.2. The third-order valence-corrected chi connectivity index (χ3v) is 4.22. The molecular formula is C20H13FN6O4. The van der Waals surface area contributed by atoms with E-state index < -0.39 is 22.2 Å². The number of hydrogen-bond acceptors (Lipinski definition) is 7. The van der Waals surface area contributed by atoms with Gasteiger partial charge in [0.05, 0.1) is 16.8 Å². The summed E-state index contributed by atoms with van der Waals surface area (Å²) in [4.78, 5) is 35.2. The lowest BCUT2D eigenvalue weighted by atomic mass is 10.1. The van der Waals surface area contributed by atoms with Gasteiger partial charge in [-0.1, -0.05) is 0 Å². The smallest absolute Gasteiger partial charge is 0.266 e. The van der Waals surface area contributed by atoms with Crippen molar-refractivity contribution >= 4 is 17.8 Å². The highest BCUT2D eigenvalue weighted by molar-refractivity contribution is 5.94. The van der Waals surface area contributed by atoms with Gasteiger partial charge in [0.25, 0.3) is 17.2 Å². The van der Waals surface area contributed by atoms with Gasteiger partial charge in [0.1, 0.15) is 17.4 Å². The second-order valence-electron chi connectivity index (χ2n) is 6.20. The number of halogens is 1. The van der Waals surface area contributed by atoms with Crippen LogP contribution in [0.5, 0.6) is 0 Å². The number of carbonyl (C=O) groups is 1. The quantitative estimate of drug-likeness (QED) is 0.381. The Morgan fingerprint density at radius 3 is 2.48 bits per heavy atom. The maximum atomic E-state index is 13.2. The Labute approximate surface area is 174 Å². The fourth-order valence-electron chi connectivity index (χ4n) is 2.61. The van der Waals surface area contributed by atoms with Crippen molar-refractivity contribution in [3.8, 4) is 11.8 Å². The molecule has 0 bridgehead atoms. The minimum absolute atomic E-state index is 0.0638. The second-order valence-corrected chi connectivity index (χ2v) is 6.20. The Bertz CT molecular complexity index is 1290. The van der Waals surface area contributed by atoms with Gasteiger partial charge in [-0.25, -0.2) is 9.82 Å². The molecular weight excluding hydrogens is 407 g/mol. The number of amides is 1. The lowest BCUT2D eigenvalue weighted by Crippen LogP contribution is -2.31. The van der Waals surface area contributed by atoms with Crippen LogP contribution in [0.1, 0.15) is 27.2 Å². The topological polar surface area (TPSA) is 143 Å². The van der Waals surface area contributed by atoms with Crippen LogP contribution in [-0.2, 0) is 0 Å². The minimum atomic E-state index is -0.789. The van der Waals surface area contributed by atoms with Crippen LogP contribution in [0.25, 0.3) is 5.69 Å². The number of nitro benzene ring substituents is 1. The van der Waals surface area contributed by atoms with E-state index in [-0.39, 0.29) is 28.2 Å². The Balaban J connectivity index is 1.90. The number of nitrogens with one attached hydrogen (secondary N) is 1. The van der Waals surface area contributed by atoms with Crippen molar-refractivity contribution in [2.75, 3.05) is 0 Å². The van der Waals surface area contributed by atoms with Gasteiger partial charge < -0.3 is 0 Å². The molecule has 1 amide bonds. The van der Waals surface area contributed by atoms with Crippen molar-refractivity contribution in [1.82, 2.24) is 15.2 Å². The SMILES string of the molecule is Cc1c(C(=O)N/N=C/c2ccc([N+](=O)[O-])cc2)nn(-c2ccc(F)cc2)c(=O)c1C#N. The standard InChI is InChI=1S/C20H13FN6O4/c1-12-17(10-22)20(29)26(15-8-4-14(21)5-9-15)25-18(12)19(28)24-23-11-13-2-6-16(7-3-13)27(30)31/h2-9,11H,1H3,(H,24,28)/b23-11+. The highest BCUT2D eigenvalue weighted by Crippen LogP contribution is 2.12. The highest BCUT2D eigenvalue weighted by atomic mass is 19.1. The molecule has 0 aliphatic rings. The number of carbonyl (C=O) groups excluding carboxylic acids is 1. The molecule has 31 heavy (non-hydrogen) atoms. The van der Waals surface area contributed by atoms with Crippen LogP contribution in [0.15, 0.2) is 58.4 Å². The average Bonchev–Trinajstić information content (AvgIpc) is 2.75. The molecule has 0 saturated carbocycles. The Morgan fingerprint density at radius 1 is 1.26 bits per heavy atom. The van der Waals surface area contributed by atoms with Gasteiger partial charge in [-0.2, -0.15) is 20.1 Å². The largest absolute Gasteiger partial charge is 0.292 e. The van der Waals surface area contributed by atoms with Crippen LogP contribution in [0.4, 0.5) is 10.1 Å². The molecule has 0 spiro atoms. The van der Waals surface area contributed by atoms with Gasteiger partial charge in [0.2, 0.25) is 0 Å². The molecule has 0 unspecified atom stereocenters. The van der Waals surface area contributed by atoms with Crippen molar-refractivity contribution in [2.45, 2.75) is 6.92 Å². The lowest BCUT2D eigenvalue weighted by molar-refractivity contribution is -0.384. The monoisotopic (exact) mass is 420 g/mol. The maximum Gasteiger partial charge on any atom is 0.292 e. The molecule has 1 aromatic heterocycles. The van der Waals surface area contributed by atoms with E-state index in [0.29, 0.717) is 5.56 Å². The number of aromatic nitrogens is 2. The lowest BCUT2D eigenvalue weighted by Gasteiger charge is -2.10. The predicted molar refractivity (Wildman–Crippen MR) is 107 cm³/mol. The first-order valence-corrected chi connectivity index (χ1v) is 8.69. The summed E-state index contributed by atoms with van der Waals surface area (Å²) in [5.41, 5.74) is 1.61. The number of benzene rings is 2. The minimum Gasteiger partial charge on any atom is -0.266 e. The van der Waals surface area contributed by atoms with Gasteiger partial charge in [0.15, 0.2) is 5.69 Å². The number of hydrazone groups is 1. The molecule has 3 rings (SSSR count). The van der Waals surface area contributed by atoms with E-state index >= 15 is 0 Å². The number of nitriles is 1. The average molecular weight is 420 g/mol. The van der Waals surface area contributed by atoms with Gasteiger partial charge >= 0.3 is 0 Å². The fraction of sp³-hybridized carbons (Fsp3) is 0.0500. The van der Waals surface area contributed by atoms with Crippen LogP contribution in [0.2, 0.25) is 0 Å². The van der Waals surface area contributed by atoms with Gasteiger partial charge in [-0.05, 0) is 48.9 Å². The van der Waals surface area contributed by atoms with E-state index in [4.69, 9.17) is 0 Å². The van der Waals surface area contributed by atoms with Crippen molar-refractivity contribution in [1.29, 1.82) is 5.26 Å². The van der Waals surface area contributed by atoms with Crippen molar-refractivity contribution < 1.29 is 14.1 Å². The van der Waals surface area contributed by atoms with Crippen molar-refractivity contribution in [2.24, 2.45) is 5.10 Å². The number of hydrogen-bond donors (Lipinski definition) is 1. The molecule has 154 valence electrons. The third kappa shape index (κ3) is 4.48. The molecule has 0 aliphatic carbocycles. The molecule has 3 aromatic rings. The first kappa shape index (κ1) is 21.0. The third-order valence-electron chi connectivity index (χ3n) is 4.22. The van der Waals surface area contributed by atoms with Crippen LogP contribution in [0.3, 0.4) is 0 Å². The van der Waals surface area contributed by atoms with Crippen LogP contribution in [0, 0.1) is 34.2 Å². The fourth-order valence-corrected chi connectivity index (χ4v) is 2.61. The Kier molecular flexibility index (Phi) is 5.92. The molecule has 1 N–H and O–H groups in total. The molecule has 0 radical (unpaired) electrons. The first-order valence-electron chi connectivity index (χ1n) is 8.69. The number of rotatable bonds is 5. The van der Waals surface area contributed by atoms with E-state index in [1.807, 2.05) is 0 Å². The molecule has 1 heterocycles. The van der Waals surface area contributed by atoms with E-state index in [2.05, 4.69) is 15.6 Å². The number of non-ortho nitro benzene ring substituents is 1. The van der Waals surface area contributed by atoms with Gasteiger partial charge in [0, 0.05) is 17.7 Å². The summed E-state index contributed by atoms with van der Waals surface area (Å²) in [5.74, 6) is -1.31. The zero-order chi connectivity index (χ0) is 22.5. The summed E-state index contributed by atoms with van der Waals surface area (Å²) in [7, 11) is 0. The van der Waals surface area contributed by atoms with Crippen molar-refractivity contribution in [3.63, 3.8) is 0 Å². The van der Waals surface area contributed by atoms with Crippen molar-refractivity contribution in [3.05, 3.63) is 97.2 Å². The predicted octanol–water partition coefficient (Wildman–Crippen LogP) is 2.22. The summed E-state index contributed by atoms with van der Waals surface area (Å²) in [6.07, 6.45) is 1.26. The summed E-state index contributed by atoms with van der Waals surface area (Å²) >= 11 is 0. The molecule has 11 heteroatoms. The molecule has 0 saturated heterocycles. The molecule has 0 fully saturated rings. The Morgan fingerprint density at radius 2 is 1.90 bits per heavy atom. The van der Waals surface area contributed by atoms with Crippen LogP contribution in [-0.4, -0.2) is 26.8 Å². The second kappa shape index (κ2) is 8.75. The first-order chi connectivity index (χ1) is 14.8. The highest BCUT2D eigenvalue weighted by Gasteiger charge is 2.20. The zero-order valence-electron chi connectivity index (χ0n) is 15.9. The molecule has 2 aromatic carbocycles. The summed E-state index contributed by atoms with van der Waals surface area (Å²) in [6.45, 7) is 1.40. The molecule has 0 aliphatic heterocycles. The van der Waals surface area contributed by atoms with E-state index in [9.17, 15) is 29.4 Å². The van der Waals surface area contributed by atoms with Gasteiger partial charge in [-0.3, -0.25) is 19.7 Å². The Hall–Kier alpha value is -4.72. The van der Waals surface area contributed by atoms with Crippen LogP contribution >= 0.6 is 0 Å². The normalized spacial score (nSPS) is 10.6.